The number of nitrogens with one attached hydrogen (secondary N) is 1. The lowest BCUT2D eigenvalue weighted by molar-refractivity contribution is 0.684. The number of hydrogen-bond acceptors (Lipinski definition) is 4. The molecule has 3 rings (SSSR count). The van der Waals surface area contributed by atoms with E-state index in [-0.39, 0.29) is 6.54 Å². The lowest BCUT2D eigenvalue weighted by Gasteiger charge is -2.04. The number of rotatable bonds is 4. The van der Waals surface area contributed by atoms with Gasteiger partial charge in [0.25, 0.3) is 0 Å². The zero-order valence-electron chi connectivity index (χ0n) is 11.6. The van der Waals surface area contributed by atoms with Crippen LogP contribution in [0, 0.1) is 22.7 Å². The molecule has 0 fully saturated rings. The average molecular weight is 288 g/mol. The summed E-state index contributed by atoms with van der Waals surface area (Å²) in [7, 11) is 0. The molecule has 0 aliphatic heterocycles. The second-order valence-corrected chi connectivity index (χ2v) is 4.56. The van der Waals surface area contributed by atoms with Crippen LogP contribution in [0.2, 0.25) is 0 Å². The number of hydrogen-bond donors (Lipinski definition) is 1. The molecule has 1 N–H and O–H groups in total. The molecular weight excluding hydrogens is 276 g/mol. The van der Waals surface area contributed by atoms with E-state index in [0.717, 1.165) is 5.69 Å². The summed E-state index contributed by atoms with van der Waals surface area (Å²) < 4.78 is 3.29. The molecule has 0 aliphatic carbocycles. The van der Waals surface area contributed by atoms with Crippen LogP contribution in [0.5, 0.6) is 0 Å². The molecule has 106 valence electrons. The standard InChI is InChI=1S/C16H12N6/c17-8-11-22-16(21-9-4-5-10-21)14(12-18)15(20-22)19-13-6-2-1-3-7-13/h1-7,9-10H,11H2,(H,19,20). The highest BCUT2D eigenvalue weighted by Crippen LogP contribution is 2.25. The van der Waals surface area contributed by atoms with Crippen LogP contribution in [0.1, 0.15) is 5.56 Å². The molecule has 22 heavy (non-hydrogen) atoms. The molecule has 6 heteroatoms. The van der Waals surface area contributed by atoms with Gasteiger partial charge in [0.1, 0.15) is 18.2 Å². The molecule has 6 nitrogen and oxygen atoms in total. The minimum atomic E-state index is 0.0681. The summed E-state index contributed by atoms with van der Waals surface area (Å²) >= 11 is 0. The van der Waals surface area contributed by atoms with Crippen LogP contribution in [0.15, 0.2) is 54.9 Å². The summed E-state index contributed by atoms with van der Waals surface area (Å²) in [6.07, 6.45) is 3.63. The van der Waals surface area contributed by atoms with Crippen LogP contribution in [-0.2, 0) is 6.54 Å². The molecular formula is C16H12N6. The Bertz CT molecular complexity index is 847. The van der Waals surface area contributed by atoms with Crippen molar-refractivity contribution in [3.05, 3.63) is 60.4 Å². The smallest absolute Gasteiger partial charge is 0.172 e. The predicted octanol–water partition coefficient (Wildman–Crippen LogP) is 2.81. The molecule has 0 spiro atoms. The summed E-state index contributed by atoms with van der Waals surface area (Å²) in [5, 5.41) is 26.0. The monoisotopic (exact) mass is 288 g/mol. The van der Waals surface area contributed by atoms with E-state index in [9.17, 15) is 5.26 Å². The summed E-state index contributed by atoms with van der Waals surface area (Å²) in [6, 6.07) is 17.4. The maximum Gasteiger partial charge on any atom is 0.172 e. The molecule has 0 unspecified atom stereocenters. The number of benzene rings is 1. The maximum absolute atomic E-state index is 9.52. The third kappa shape index (κ3) is 2.41. The Hall–Kier alpha value is -3.51. The second kappa shape index (κ2) is 5.86. The third-order valence-electron chi connectivity index (χ3n) is 3.14. The molecule has 0 radical (unpaired) electrons. The topological polar surface area (TPSA) is 82.4 Å². The van der Waals surface area contributed by atoms with E-state index < -0.39 is 0 Å². The summed E-state index contributed by atoms with van der Waals surface area (Å²) in [6.45, 7) is 0.0681. The minimum absolute atomic E-state index is 0.0681. The first-order valence-electron chi connectivity index (χ1n) is 6.66. The van der Waals surface area contributed by atoms with Crippen molar-refractivity contribution in [2.24, 2.45) is 0 Å². The first kappa shape index (κ1) is 13.5. The fourth-order valence-corrected chi connectivity index (χ4v) is 2.22. The largest absolute Gasteiger partial charge is 0.338 e. The van der Waals surface area contributed by atoms with Gasteiger partial charge in [-0.1, -0.05) is 18.2 Å². The quantitative estimate of drug-likeness (QED) is 0.800. The summed E-state index contributed by atoms with van der Waals surface area (Å²) in [5.41, 5.74) is 1.23. The van der Waals surface area contributed by atoms with Crippen molar-refractivity contribution in [2.75, 3.05) is 5.32 Å². The van der Waals surface area contributed by atoms with E-state index in [1.807, 2.05) is 54.9 Å². The SMILES string of the molecule is N#CCn1nc(Nc2ccccc2)c(C#N)c1-n1cccc1. The van der Waals surface area contributed by atoms with Gasteiger partial charge in [0, 0.05) is 18.1 Å². The number of nitriles is 2. The first-order chi connectivity index (χ1) is 10.8. The van der Waals surface area contributed by atoms with Crippen molar-refractivity contribution in [3.8, 4) is 18.0 Å². The van der Waals surface area contributed by atoms with Gasteiger partial charge < -0.3 is 9.88 Å². The van der Waals surface area contributed by atoms with E-state index in [1.165, 1.54) is 4.68 Å². The van der Waals surface area contributed by atoms with Crippen molar-refractivity contribution >= 4 is 11.5 Å². The van der Waals surface area contributed by atoms with E-state index in [4.69, 9.17) is 5.26 Å². The van der Waals surface area contributed by atoms with Crippen LogP contribution in [-0.4, -0.2) is 14.3 Å². The molecule has 2 aromatic heterocycles. The van der Waals surface area contributed by atoms with Gasteiger partial charge in [-0.3, -0.25) is 0 Å². The Morgan fingerprint density at radius 2 is 1.77 bits per heavy atom. The van der Waals surface area contributed by atoms with Gasteiger partial charge in [-0.05, 0) is 24.3 Å². The van der Waals surface area contributed by atoms with Crippen LogP contribution >= 0.6 is 0 Å². The van der Waals surface area contributed by atoms with E-state index in [2.05, 4.69) is 22.6 Å². The molecule has 0 bridgehead atoms. The van der Waals surface area contributed by atoms with Crippen molar-refractivity contribution < 1.29 is 0 Å². The lowest BCUT2D eigenvalue weighted by Crippen LogP contribution is -2.06. The minimum Gasteiger partial charge on any atom is -0.338 e. The Balaban J connectivity index is 2.10. The molecule has 0 amide bonds. The fourth-order valence-electron chi connectivity index (χ4n) is 2.22. The number of anilines is 2. The molecule has 1 aromatic carbocycles. The zero-order valence-corrected chi connectivity index (χ0v) is 11.6. The lowest BCUT2D eigenvalue weighted by atomic mass is 10.3. The van der Waals surface area contributed by atoms with Crippen molar-refractivity contribution in [1.82, 2.24) is 14.3 Å². The molecule has 0 aliphatic rings. The van der Waals surface area contributed by atoms with E-state index >= 15 is 0 Å². The molecule has 3 aromatic rings. The van der Waals surface area contributed by atoms with Crippen molar-refractivity contribution in [3.63, 3.8) is 0 Å². The van der Waals surface area contributed by atoms with Crippen LogP contribution in [0.25, 0.3) is 5.82 Å². The van der Waals surface area contributed by atoms with Gasteiger partial charge in [0.2, 0.25) is 0 Å². The highest BCUT2D eigenvalue weighted by atomic mass is 15.4. The number of nitrogens with zero attached hydrogens (tertiary/aromatic N) is 5. The number of para-hydroxylation sites is 1. The predicted molar refractivity (Wildman–Crippen MR) is 81.6 cm³/mol. The molecule has 0 atom stereocenters. The Labute approximate surface area is 127 Å². The van der Waals surface area contributed by atoms with E-state index in [1.54, 1.807) is 4.57 Å². The third-order valence-corrected chi connectivity index (χ3v) is 3.14. The van der Waals surface area contributed by atoms with Crippen molar-refractivity contribution in [2.45, 2.75) is 6.54 Å². The van der Waals surface area contributed by atoms with Gasteiger partial charge >= 0.3 is 0 Å². The molecule has 2 heterocycles. The average Bonchev–Trinajstić information content (AvgIpc) is 3.16. The Morgan fingerprint density at radius 3 is 2.41 bits per heavy atom. The second-order valence-electron chi connectivity index (χ2n) is 4.56. The highest BCUT2D eigenvalue weighted by Gasteiger charge is 2.19. The van der Waals surface area contributed by atoms with E-state index in [0.29, 0.717) is 17.2 Å². The molecule has 0 saturated heterocycles. The van der Waals surface area contributed by atoms with Gasteiger partial charge in [-0.2, -0.15) is 15.6 Å². The van der Waals surface area contributed by atoms with Crippen molar-refractivity contribution in [1.29, 1.82) is 10.5 Å². The fraction of sp³-hybridized carbons (Fsp3) is 0.0625. The highest BCUT2D eigenvalue weighted by molar-refractivity contribution is 5.67. The van der Waals surface area contributed by atoms with Crippen LogP contribution < -0.4 is 5.32 Å². The first-order valence-corrected chi connectivity index (χ1v) is 6.66. The van der Waals surface area contributed by atoms with Gasteiger partial charge in [-0.15, -0.1) is 0 Å². The van der Waals surface area contributed by atoms with Gasteiger partial charge in [0.15, 0.2) is 11.6 Å². The van der Waals surface area contributed by atoms with Gasteiger partial charge in [-0.25, -0.2) is 4.68 Å². The summed E-state index contributed by atoms with van der Waals surface area (Å²) in [5.74, 6) is 1.01. The van der Waals surface area contributed by atoms with Crippen LogP contribution in [0.3, 0.4) is 0 Å². The maximum atomic E-state index is 9.52. The van der Waals surface area contributed by atoms with Crippen LogP contribution in [0.4, 0.5) is 11.5 Å². The summed E-state index contributed by atoms with van der Waals surface area (Å²) in [4.78, 5) is 0. The molecule has 0 saturated carbocycles. The zero-order chi connectivity index (χ0) is 15.4. The normalized spacial score (nSPS) is 9.91. The Morgan fingerprint density at radius 1 is 1.05 bits per heavy atom. The Kier molecular flexibility index (Phi) is 3.59. The number of aromatic nitrogens is 3. The van der Waals surface area contributed by atoms with Gasteiger partial charge in [0.05, 0.1) is 6.07 Å².